The lowest BCUT2D eigenvalue weighted by Crippen LogP contribution is -2.26. The van der Waals surface area contributed by atoms with Crippen molar-refractivity contribution in [2.75, 3.05) is 26.7 Å². The molecule has 1 aromatic rings. The molecule has 2 rings (SSSR count). The lowest BCUT2D eigenvalue weighted by Gasteiger charge is -2.09. The maximum absolute atomic E-state index is 12.0. The molecule has 1 aromatic carbocycles. The average Bonchev–Trinajstić information content (AvgIpc) is 3.06. The minimum atomic E-state index is -0.0483. The molecule has 0 spiro atoms. The van der Waals surface area contributed by atoms with E-state index in [0.717, 1.165) is 25.3 Å². The van der Waals surface area contributed by atoms with E-state index in [0.29, 0.717) is 18.0 Å². The second kappa shape index (κ2) is 8.54. The van der Waals surface area contributed by atoms with Gasteiger partial charge in [0.05, 0.1) is 7.11 Å². The van der Waals surface area contributed by atoms with Crippen molar-refractivity contribution in [2.24, 2.45) is 5.92 Å². The summed E-state index contributed by atoms with van der Waals surface area (Å²) in [6, 6.07) is 6.96. The molecule has 5 nitrogen and oxygen atoms in total. The fourth-order valence-corrected chi connectivity index (χ4v) is 2.61. The Morgan fingerprint density at radius 3 is 2.68 bits per heavy atom. The van der Waals surface area contributed by atoms with Crippen LogP contribution in [0.25, 0.3) is 0 Å². The predicted octanol–water partition coefficient (Wildman–Crippen LogP) is 1.77. The third-order valence-electron chi connectivity index (χ3n) is 4.03. The van der Waals surface area contributed by atoms with Crippen molar-refractivity contribution in [1.82, 2.24) is 10.6 Å². The van der Waals surface area contributed by atoms with Crippen molar-refractivity contribution < 1.29 is 14.3 Å². The van der Waals surface area contributed by atoms with E-state index >= 15 is 0 Å². The first-order valence-corrected chi connectivity index (χ1v) is 7.83. The Kier molecular flexibility index (Phi) is 6.40. The Morgan fingerprint density at radius 1 is 1.27 bits per heavy atom. The van der Waals surface area contributed by atoms with E-state index in [-0.39, 0.29) is 24.5 Å². The molecule has 1 unspecified atom stereocenters. The Bertz CT molecular complexity index is 493. The number of Topliss-reactive ketones (excluding diaryl/α,β-unsaturated/α-hetero) is 1. The third-order valence-corrected chi connectivity index (χ3v) is 4.03. The number of methoxy groups -OCH3 is 1. The van der Waals surface area contributed by atoms with E-state index in [1.54, 1.807) is 31.4 Å². The number of amides is 1. The second-order valence-corrected chi connectivity index (χ2v) is 5.65. The maximum atomic E-state index is 12.0. The Balaban J connectivity index is 1.65. The smallest absolute Gasteiger partial charge is 0.220 e. The van der Waals surface area contributed by atoms with Crippen LogP contribution in [0.2, 0.25) is 0 Å². The number of carbonyl (C=O) groups excluding carboxylic acids is 2. The fourth-order valence-electron chi connectivity index (χ4n) is 2.61. The molecule has 0 aliphatic carbocycles. The van der Waals surface area contributed by atoms with Gasteiger partial charge in [0.1, 0.15) is 5.75 Å². The monoisotopic (exact) mass is 304 g/mol. The lowest BCUT2D eigenvalue weighted by atomic mass is 10.0. The number of hydrogen-bond donors (Lipinski definition) is 2. The fraction of sp³-hybridized carbons (Fsp3) is 0.529. The number of rotatable bonds is 8. The molecule has 1 amide bonds. The summed E-state index contributed by atoms with van der Waals surface area (Å²) in [5.41, 5.74) is 0.616. The third kappa shape index (κ3) is 5.15. The summed E-state index contributed by atoms with van der Waals surface area (Å²) in [4.78, 5) is 23.8. The first-order chi connectivity index (χ1) is 10.7. The molecule has 22 heavy (non-hydrogen) atoms. The second-order valence-electron chi connectivity index (χ2n) is 5.65. The van der Waals surface area contributed by atoms with Gasteiger partial charge in [-0.05, 0) is 56.1 Å². The molecule has 120 valence electrons. The van der Waals surface area contributed by atoms with Gasteiger partial charge in [0.2, 0.25) is 5.91 Å². The van der Waals surface area contributed by atoms with Gasteiger partial charge < -0.3 is 15.4 Å². The molecular weight excluding hydrogens is 280 g/mol. The molecule has 1 aliphatic rings. The highest BCUT2D eigenvalue weighted by Crippen LogP contribution is 2.13. The molecule has 1 fully saturated rings. The zero-order valence-corrected chi connectivity index (χ0v) is 13.1. The molecular formula is C17H24N2O3. The van der Waals surface area contributed by atoms with Crippen molar-refractivity contribution >= 4 is 11.7 Å². The van der Waals surface area contributed by atoms with E-state index in [9.17, 15) is 9.59 Å². The van der Waals surface area contributed by atoms with Gasteiger partial charge in [0.25, 0.3) is 0 Å². The summed E-state index contributed by atoms with van der Waals surface area (Å²) < 4.78 is 5.05. The summed E-state index contributed by atoms with van der Waals surface area (Å²) in [6.45, 7) is 2.82. The van der Waals surface area contributed by atoms with E-state index in [2.05, 4.69) is 10.6 Å². The van der Waals surface area contributed by atoms with Gasteiger partial charge >= 0.3 is 0 Å². The standard InChI is InChI=1S/C17H24N2O3/c1-22-15-4-2-14(3-5-15)16(20)6-7-17(21)19-11-9-13-8-10-18-12-13/h2-5,13,18H,6-12H2,1H3,(H,19,21). The number of ketones is 1. The molecule has 0 saturated carbocycles. The molecule has 1 aliphatic heterocycles. The van der Waals surface area contributed by atoms with Crippen LogP contribution in [0.15, 0.2) is 24.3 Å². The number of carbonyl (C=O) groups is 2. The molecule has 2 N–H and O–H groups in total. The average molecular weight is 304 g/mol. The van der Waals surface area contributed by atoms with Gasteiger partial charge in [-0.3, -0.25) is 9.59 Å². The lowest BCUT2D eigenvalue weighted by molar-refractivity contribution is -0.121. The summed E-state index contributed by atoms with van der Waals surface area (Å²) >= 11 is 0. The molecule has 1 heterocycles. The molecule has 5 heteroatoms. The van der Waals surface area contributed by atoms with Crippen molar-refractivity contribution in [2.45, 2.75) is 25.7 Å². The van der Waals surface area contributed by atoms with Gasteiger partial charge in [-0.1, -0.05) is 0 Å². The van der Waals surface area contributed by atoms with Crippen molar-refractivity contribution in [3.63, 3.8) is 0 Å². The van der Waals surface area contributed by atoms with Crippen LogP contribution < -0.4 is 15.4 Å². The summed E-state index contributed by atoms with van der Waals surface area (Å²) in [5, 5.41) is 6.21. The van der Waals surface area contributed by atoms with Gasteiger partial charge in [0, 0.05) is 24.9 Å². The molecule has 1 atom stereocenters. The molecule has 0 aromatic heterocycles. The van der Waals surface area contributed by atoms with E-state index in [1.165, 1.54) is 6.42 Å². The predicted molar refractivity (Wildman–Crippen MR) is 85.2 cm³/mol. The van der Waals surface area contributed by atoms with Crippen LogP contribution in [-0.2, 0) is 4.79 Å². The van der Waals surface area contributed by atoms with Crippen LogP contribution in [0.5, 0.6) is 5.75 Å². The van der Waals surface area contributed by atoms with Crippen LogP contribution in [0.3, 0.4) is 0 Å². The van der Waals surface area contributed by atoms with Crippen molar-refractivity contribution in [1.29, 1.82) is 0 Å². The van der Waals surface area contributed by atoms with E-state index in [1.807, 2.05) is 0 Å². The van der Waals surface area contributed by atoms with Crippen LogP contribution in [0.4, 0.5) is 0 Å². The van der Waals surface area contributed by atoms with Gasteiger partial charge in [0.15, 0.2) is 5.78 Å². The van der Waals surface area contributed by atoms with Gasteiger partial charge in [-0.2, -0.15) is 0 Å². The number of benzene rings is 1. The minimum absolute atomic E-state index is 0.0159. The highest BCUT2D eigenvalue weighted by molar-refractivity contribution is 5.98. The van der Waals surface area contributed by atoms with Crippen LogP contribution in [0.1, 0.15) is 36.0 Å². The number of ether oxygens (including phenoxy) is 1. The van der Waals surface area contributed by atoms with Crippen molar-refractivity contribution in [3.8, 4) is 5.75 Å². The van der Waals surface area contributed by atoms with E-state index < -0.39 is 0 Å². The highest BCUT2D eigenvalue weighted by atomic mass is 16.5. The van der Waals surface area contributed by atoms with Gasteiger partial charge in [-0.15, -0.1) is 0 Å². The maximum Gasteiger partial charge on any atom is 0.220 e. The number of hydrogen-bond acceptors (Lipinski definition) is 4. The minimum Gasteiger partial charge on any atom is -0.497 e. The van der Waals surface area contributed by atoms with Gasteiger partial charge in [-0.25, -0.2) is 0 Å². The van der Waals surface area contributed by atoms with Crippen LogP contribution in [-0.4, -0.2) is 38.4 Å². The zero-order valence-electron chi connectivity index (χ0n) is 13.1. The molecule has 0 radical (unpaired) electrons. The zero-order chi connectivity index (χ0) is 15.8. The topological polar surface area (TPSA) is 67.4 Å². The van der Waals surface area contributed by atoms with Crippen LogP contribution in [0, 0.1) is 5.92 Å². The first kappa shape index (κ1) is 16.5. The Hall–Kier alpha value is -1.88. The summed E-state index contributed by atoms with van der Waals surface area (Å²) in [6.07, 6.45) is 2.67. The highest BCUT2D eigenvalue weighted by Gasteiger charge is 2.14. The normalized spacial score (nSPS) is 17.2. The van der Waals surface area contributed by atoms with E-state index in [4.69, 9.17) is 4.74 Å². The molecule has 1 saturated heterocycles. The Labute approximate surface area is 131 Å². The summed E-state index contributed by atoms with van der Waals surface area (Å²) in [7, 11) is 1.59. The Morgan fingerprint density at radius 2 is 2.05 bits per heavy atom. The SMILES string of the molecule is COc1ccc(C(=O)CCC(=O)NCCC2CCNC2)cc1. The van der Waals surface area contributed by atoms with Crippen LogP contribution >= 0.6 is 0 Å². The quantitative estimate of drug-likeness (QED) is 0.718. The number of nitrogens with one attached hydrogen (secondary N) is 2. The molecule has 0 bridgehead atoms. The first-order valence-electron chi connectivity index (χ1n) is 7.83. The van der Waals surface area contributed by atoms with Crippen molar-refractivity contribution in [3.05, 3.63) is 29.8 Å². The summed E-state index contributed by atoms with van der Waals surface area (Å²) in [5.74, 6) is 1.32. The largest absolute Gasteiger partial charge is 0.497 e.